The van der Waals surface area contributed by atoms with Crippen molar-refractivity contribution in [3.05, 3.63) is 109 Å². The fraction of sp³-hybridized carbons (Fsp3) is 0. The van der Waals surface area contributed by atoms with Gasteiger partial charge < -0.3 is 8.98 Å². The molecule has 3 heterocycles. The highest BCUT2D eigenvalue weighted by molar-refractivity contribution is 6.64. The summed E-state index contributed by atoms with van der Waals surface area (Å²) in [6.45, 7) is 0. The zero-order valence-corrected chi connectivity index (χ0v) is 29.1. The van der Waals surface area contributed by atoms with Gasteiger partial charge in [0.1, 0.15) is 58.2 Å². The summed E-state index contributed by atoms with van der Waals surface area (Å²) in [6, 6.07) is 37.6. The van der Waals surface area contributed by atoms with Gasteiger partial charge in [-0.2, -0.15) is 0 Å². The van der Waals surface area contributed by atoms with Gasteiger partial charge in [0, 0.05) is 43.9 Å². The molecule has 11 heteroatoms. The summed E-state index contributed by atoms with van der Waals surface area (Å²) in [5.74, 6) is 1.94. The molecule has 0 aliphatic carbocycles. The molecule has 0 aliphatic heterocycles. The van der Waals surface area contributed by atoms with E-state index in [0.717, 1.165) is 49.6 Å². The van der Waals surface area contributed by atoms with E-state index in [4.69, 9.17) is 19.4 Å². The number of para-hydroxylation sites is 2. The van der Waals surface area contributed by atoms with Gasteiger partial charge in [-0.3, -0.25) is 0 Å². The predicted molar refractivity (Wildman–Crippen MR) is 227 cm³/mol. The zero-order valence-electron chi connectivity index (χ0n) is 29.1. The maximum absolute atomic E-state index is 7.06. The quantitative estimate of drug-likeness (QED) is 0.243. The van der Waals surface area contributed by atoms with Gasteiger partial charge in [0.15, 0.2) is 17.5 Å². The summed E-state index contributed by atoms with van der Waals surface area (Å²) in [5.41, 5.74) is 15.2. The van der Waals surface area contributed by atoms with Crippen LogP contribution in [0.5, 0.6) is 0 Å². The van der Waals surface area contributed by atoms with Crippen LogP contribution >= 0.6 is 0 Å². The number of rotatable bonds is 4. The van der Waals surface area contributed by atoms with E-state index >= 15 is 0 Å². The molecule has 0 N–H and O–H groups in total. The number of nitrogens with zero attached hydrogens (tertiary/aromatic N) is 4. The van der Waals surface area contributed by atoms with E-state index in [0.29, 0.717) is 17.5 Å². The molecule has 6 aromatic carbocycles. The number of furan rings is 1. The van der Waals surface area contributed by atoms with Crippen molar-refractivity contribution in [2.24, 2.45) is 0 Å². The second kappa shape index (κ2) is 11.4. The normalized spacial score (nSPS) is 11.7. The van der Waals surface area contributed by atoms with Crippen LogP contribution < -0.4 is 32.8 Å². The Hall–Kier alpha value is -5.68. The molecule has 50 heavy (non-hydrogen) atoms. The molecule has 3 aromatic heterocycles. The average molecular weight is 636 g/mol. The number of aromatic nitrogens is 4. The molecule has 0 bridgehead atoms. The molecular weight excluding hydrogens is 605 g/mol. The van der Waals surface area contributed by atoms with E-state index in [1.807, 2.05) is 60.7 Å². The van der Waals surface area contributed by atoms with Crippen molar-refractivity contribution in [3.63, 3.8) is 0 Å². The molecule has 0 amide bonds. The van der Waals surface area contributed by atoms with Gasteiger partial charge in [-0.25, -0.2) is 15.0 Å². The Kier molecular flexibility index (Phi) is 6.96. The molecule has 0 unspecified atom stereocenters. The second-order valence-corrected chi connectivity index (χ2v) is 13.4. The third kappa shape index (κ3) is 4.39. The number of fused-ring (bicyclic) bond motifs is 6. The van der Waals surface area contributed by atoms with Crippen LogP contribution in [-0.4, -0.2) is 66.6 Å². The fourth-order valence-electron chi connectivity index (χ4n) is 7.95. The highest BCUT2D eigenvalue weighted by Gasteiger charge is 2.26. The van der Waals surface area contributed by atoms with E-state index in [1.54, 1.807) is 0 Å². The first-order chi connectivity index (χ1) is 24.3. The molecule has 0 saturated heterocycles. The van der Waals surface area contributed by atoms with Gasteiger partial charge in [0.2, 0.25) is 0 Å². The molecule has 0 saturated carbocycles. The molecule has 5 nitrogen and oxygen atoms in total. The summed E-state index contributed by atoms with van der Waals surface area (Å²) >= 11 is 0. The largest absolute Gasteiger partial charge is 0.457 e. The van der Waals surface area contributed by atoms with Crippen molar-refractivity contribution < 1.29 is 4.42 Å². The van der Waals surface area contributed by atoms with E-state index in [2.05, 4.69) is 100 Å². The molecular formula is C39H30B6N4O. The summed E-state index contributed by atoms with van der Waals surface area (Å²) in [7, 11) is 13.2. The lowest BCUT2D eigenvalue weighted by atomic mass is 9.68. The van der Waals surface area contributed by atoms with Crippen molar-refractivity contribution in [2.45, 2.75) is 0 Å². The van der Waals surface area contributed by atoms with Crippen LogP contribution in [0, 0.1) is 0 Å². The topological polar surface area (TPSA) is 56.7 Å². The molecule has 0 spiro atoms. The van der Waals surface area contributed by atoms with E-state index < -0.39 is 0 Å². The molecule has 0 atom stereocenters. The standard InChI is InChI=1S/C39H30B6N4O/c40-28-25-26-29(41)32(44)34(49-23-17-9-7-15-21(23)22-16-8-10-18-24(22)49)33(45)36(26)50-35(25)31(43)27(30(28)42)39-47-37(19-11-3-1-4-12-19)46-38(48-39)20-13-5-2-6-14-20/h1-18H,40-45H2. The Balaban J connectivity index is 1.34. The third-order valence-electron chi connectivity index (χ3n) is 10.7. The molecule has 0 aliphatic rings. The number of hydrogen-bond donors (Lipinski definition) is 0. The van der Waals surface area contributed by atoms with Crippen LogP contribution in [0.2, 0.25) is 0 Å². The minimum atomic E-state index is 0.647. The Morgan fingerprint density at radius 1 is 0.420 bits per heavy atom. The van der Waals surface area contributed by atoms with Crippen molar-refractivity contribution >= 4 is 124 Å². The van der Waals surface area contributed by atoms with Gasteiger partial charge in [0.05, 0.1) is 11.0 Å². The molecule has 9 aromatic rings. The Morgan fingerprint density at radius 3 is 1.40 bits per heavy atom. The van der Waals surface area contributed by atoms with Gasteiger partial charge in [-0.05, 0) is 23.1 Å². The van der Waals surface area contributed by atoms with E-state index in [-0.39, 0.29) is 0 Å². The van der Waals surface area contributed by atoms with Crippen LogP contribution in [0.3, 0.4) is 0 Å². The molecule has 0 fully saturated rings. The zero-order chi connectivity index (χ0) is 34.3. The van der Waals surface area contributed by atoms with E-state index in [1.165, 1.54) is 49.3 Å². The Bertz CT molecular complexity index is 2720. The van der Waals surface area contributed by atoms with Gasteiger partial charge in [-0.15, -0.1) is 0 Å². The molecule has 0 radical (unpaired) electrons. The lowest BCUT2D eigenvalue weighted by molar-refractivity contribution is 0.674. The van der Waals surface area contributed by atoms with Crippen LogP contribution in [0.1, 0.15) is 0 Å². The lowest BCUT2D eigenvalue weighted by Gasteiger charge is -2.19. The van der Waals surface area contributed by atoms with Crippen LogP contribution in [0.4, 0.5) is 0 Å². The third-order valence-corrected chi connectivity index (χ3v) is 10.7. The predicted octanol–water partition coefficient (Wildman–Crippen LogP) is -0.581. The smallest absolute Gasteiger partial charge is 0.164 e. The van der Waals surface area contributed by atoms with E-state index in [9.17, 15) is 0 Å². The molecule has 230 valence electrons. The van der Waals surface area contributed by atoms with Crippen LogP contribution in [-0.2, 0) is 0 Å². The van der Waals surface area contributed by atoms with Gasteiger partial charge in [-0.1, -0.05) is 119 Å². The van der Waals surface area contributed by atoms with Crippen molar-refractivity contribution in [1.82, 2.24) is 19.5 Å². The SMILES string of the molecule is Bc1c(-c2nc(-c3ccccc3)nc(-c3ccccc3)n2)c(B)c2oc3c(B)c(-n4c5ccccc5c5ccccc54)c(B)c(B)c3c2c1B. The first-order valence-corrected chi connectivity index (χ1v) is 17.1. The lowest BCUT2D eigenvalue weighted by Crippen LogP contribution is -2.38. The summed E-state index contributed by atoms with van der Waals surface area (Å²) in [5, 5.41) is 4.84. The maximum Gasteiger partial charge on any atom is 0.164 e. The average Bonchev–Trinajstić information content (AvgIpc) is 3.72. The summed E-state index contributed by atoms with van der Waals surface area (Å²) < 4.78 is 9.48. The number of hydrogen-bond acceptors (Lipinski definition) is 4. The summed E-state index contributed by atoms with van der Waals surface area (Å²) in [4.78, 5) is 15.2. The molecule has 9 rings (SSSR count). The number of benzene rings is 6. The minimum Gasteiger partial charge on any atom is -0.457 e. The Morgan fingerprint density at radius 2 is 0.860 bits per heavy atom. The highest BCUT2D eigenvalue weighted by Crippen LogP contribution is 2.33. The highest BCUT2D eigenvalue weighted by atomic mass is 16.3. The summed E-state index contributed by atoms with van der Waals surface area (Å²) in [6.07, 6.45) is 0. The first kappa shape index (κ1) is 30.4. The second-order valence-electron chi connectivity index (χ2n) is 13.4. The fourth-order valence-corrected chi connectivity index (χ4v) is 7.95. The van der Waals surface area contributed by atoms with Gasteiger partial charge in [0.25, 0.3) is 0 Å². The maximum atomic E-state index is 7.06. The van der Waals surface area contributed by atoms with Crippen LogP contribution in [0.15, 0.2) is 114 Å². The minimum absolute atomic E-state index is 0.647. The Labute approximate surface area is 295 Å². The monoisotopic (exact) mass is 636 g/mol. The van der Waals surface area contributed by atoms with Crippen molar-refractivity contribution in [3.8, 4) is 39.9 Å². The first-order valence-electron chi connectivity index (χ1n) is 17.1. The van der Waals surface area contributed by atoms with Gasteiger partial charge >= 0.3 is 0 Å². The van der Waals surface area contributed by atoms with Crippen molar-refractivity contribution in [2.75, 3.05) is 0 Å². The van der Waals surface area contributed by atoms with Crippen LogP contribution in [0.25, 0.3) is 83.6 Å². The van der Waals surface area contributed by atoms with Crippen molar-refractivity contribution in [1.29, 1.82) is 0 Å².